The Bertz CT molecular complexity index is 637. The normalized spacial score (nSPS) is 18.0. The van der Waals surface area contributed by atoms with Gasteiger partial charge in [-0.25, -0.2) is 8.42 Å². The van der Waals surface area contributed by atoms with Gasteiger partial charge in [-0.1, -0.05) is 17.7 Å². The predicted molar refractivity (Wildman–Crippen MR) is 86.4 cm³/mol. The van der Waals surface area contributed by atoms with Crippen LogP contribution in [0.3, 0.4) is 0 Å². The molecule has 1 aliphatic rings. The fraction of sp³-hybridized carbons (Fsp3) is 0.533. The van der Waals surface area contributed by atoms with E-state index >= 15 is 0 Å². The third kappa shape index (κ3) is 4.08. The molecule has 1 aromatic carbocycles. The van der Waals surface area contributed by atoms with Crippen molar-refractivity contribution in [1.82, 2.24) is 9.21 Å². The highest BCUT2D eigenvalue weighted by Crippen LogP contribution is 2.18. The lowest BCUT2D eigenvalue weighted by Gasteiger charge is -2.35. The molecule has 0 spiro atoms. The maximum atomic E-state index is 12.6. The van der Waals surface area contributed by atoms with Gasteiger partial charge in [0, 0.05) is 33.3 Å². The molecule has 0 aromatic heterocycles. The Kier molecular flexibility index (Phi) is 5.74. The van der Waals surface area contributed by atoms with E-state index in [4.69, 9.17) is 10.5 Å². The van der Waals surface area contributed by atoms with E-state index in [9.17, 15) is 13.2 Å². The minimum atomic E-state index is -3.52. The summed E-state index contributed by atoms with van der Waals surface area (Å²) >= 11 is 0. The summed E-state index contributed by atoms with van der Waals surface area (Å²) in [7, 11) is -2.03. The fourth-order valence-electron chi connectivity index (χ4n) is 2.49. The summed E-state index contributed by atoms with van der Waals surface area (Å²) in [6.45, 7) is 3.26. The number of ether oxygens (including phenoxy) is 1. The lowest BCUT2D eigenvalue weighted by molar-refractivity contribution is -0.134. The first-order chi connectivity index (χ1) is 10.9. The van der Waals surface area contributed by atoms with Gasteiger partial charge in [0.15, 0.2) is 0 Å². The molecule has 0 radical (unpaired) electrons. The number of carbonyl (C=O) groups is 1. The van der Waals surface area contributed by atoms with Gasteiger partial charge >= 0.3 is 0 Å². The highest BCUT2D eigenvalue weighted by Gasteiger charge is 2.31. The van der Waals surface area contributed by atoms with Gasteiger partial charge < -0.3 is 15.4 Å². The number of piperazine rings is 1. The van der Waals surface area contributed by atoms with Crippen molar-refractivity contribution in [2.45, 2.75) is 17.9 Å². The van der Waals surface area contributed by atoms with Crippen molar-refractivity contribution in [3.05, 3.63) is 29.8 Å². The van der Waals surface area contributed by atoms with Crippen molar-refractivity contribution in [2.24, 2.45) is 5.73 Å². The maximum absolute atomic E-state index is 12.6. The molecule has 0 aliphatic carbocycles. The molecule has 0 saturated carbocycles. The van der Waals surface area contributed by atoms with E-state index in [1.807, 2.05) is 6.92 Å². The summed E-state index contributed by atoms with van der Waals surface area (Å²) in [6, 6.07) is 6.06. The number of nitrogens with zero attached hydrogens (tertiary/aromatic N) is 2. The molecule has 8 heteroatoms. The number of aryl methyl sites for hydroxylation is 1. The number of nitrogens with two attached hydrogens (primary N) is 1. The number of hydrogen-bond acceptors (Lipinski definition) is 5. The average molecular weight is 341 g/mol. The molecule has 2 N–H and O–H groups in total. The minimum Gasteiger partial charge on any atom is -0.383 e. The van der Waals surface area contributed by atoms with Crippen molar-refractivity contribution >= 4 is 15.9 Å². The standard InChI is InChI=1S/C15H23N3O4S/c1-12-3-5-13(6-4-12)23(20,21)18-9-7-17(8-10-18)15(19)14(16)11-22-2/h3-6,14H,7-11,16H2,1-2H3. The highest BCUT2D eigenvalue weighted by atomic mass is 32.2. The van der Waals surface area contributed by atoms with E-state index < -0.39 is 16.1 Å². The summed E-state index contributed by atoms with van der Waals surface area (Å²) in [6.07, 6.45) is 0. The van der Waals surface area contributed by atoms with Crippen LogP contribution in [0, 0.1) is 6.92 Å². The second kappa shape index (κ2) is 7.39. The Hall–Kier alpha value is -1.48. The summed E-state index contributed by atoms with van der Waals surface area (Å²) in [5, 5.41) is 0. The van der Waals surface area contributed by atoms with Crippen LogP contribution in [0.5, 0.6) is 0 Å². The van der Waals surface area contributed by atoms with Gasteiger partial charge in [0.2, 0.25) is 15.9 Å². The van der Waals surface area contributed by atoms with Crippen LogP contribution in [-0.2, 0) is 19.6 Å². The van der Waals surface area contributed by atoms with E-state index in [-0.39, 0.29) is 30.5 Å². The van der Waals surface area contributed by atoms with Crippen LogP contribution >= 0.6 is 0 Å². The second-order valence-corrected chi connectivity index (χ2v) is 7.54. The molecule has 7 nitrogen and oxygen atoms in total. The third-order valence-electron chi connectivity index (χ3n) is 3.87. The number of benzene rings is 1. The third-order valence-corrected chi connectivity index (χ3v) is 5.79. The number of carbonyl (C=O) groups excluding carboxylic acids is 1. The lowest BCUT2D eigenvalue weighted by Crippen LogP contribution is -2.55. The topological polar surface area (TPSA) is 92.9 Å². The monoisotopic (exact) mass is 341 g/mol. The Morgan fingerprint density at radius 1 is 1.22 bits per heavy atom. The van der Waals surface area contributed by atoms with Gasteiger partial charge in [-0.15, -0.1) is 0 Å². The van der Waals surface area contributed by atoms with Gasteiger partial charge in [0.05, 0.1) is 11.5 Å². The van der Waals surface area contributed by atoms with Crippen LogP contribution in [0.25, 0.3) is 0 Å². The summed E-state index contributed by atoms with van der Waals surface area (Å²) < 4.78 is 31.5. The molecular weight excluding hydrogens is 318 g/mol. The number of hydrogen-bond donors (Lipinski definition) is 1. The second-order valence-electron chi connectivity index (χ2n) is 5.60. The first-order valence-corrected chi connectivity index (χ1v) is 8.90. The summed E-state index contributed by atoms with van der Waals surface area (Å²) in [5.41, 5.74) is 6.74. The minimum absolute atomic E-state index is 0.153. The fourth-order valence-corrected chi connectivity index (χ4v) is 3.92. The van der Waals surface area contributed by atoms with Crippen LogP contribution in [-0.4, -0.2) is 69.5 Å². The maximum Gasteiger partial charge on any atom is 0.243 e. The van der Waals surface area contributed by atoms with Crippen LogP contribution in [0.4, 0.5) is 0 Å². The average Bonchev–Trinajstić information content (AvgIpc) is 2.55. The smallest absolute Gasteiger partial charge is 0.243 e. The Morgan fingerprint density at radius 3 is 2.30 bits per heavy atom. The van der Waals surface area contributed by atoms with E-state index in [2.05, 4.69) is 0 Å². The largest absolute Gasteiger partial charge is 0.383 e. The number of methoxy groups -OCH3 is 1. The summed E-state index contributed by atoms with van der Waals surface area (Å²) in [5.74, 6) is -0.209. The van der Waals surface area contributed by atoms with Crippen LogP contribution in [0.2, 0.25) is 0 Å². The predicted octanol–water partition coefficient (Wildman–Crippen LogP) is -0.198. The van der Waals surface area contributed by atoms with Crippen molar-refractivity contribution in [1.29, 1.82) is 0 Å². The van der Waals surface area contributed by atoms with E-state index in [0.29, 0.717) is 13.1 Å². The zero-order valence-corrected chi connectivity index (χ0v) is 14.3. The van der Waals surface area contributed by atoms with E-state index in [1.165, 1.54) is 11.4 Å². The van der Waals surface area contributed by atoms with E-state index in [1.54, 1.807) is 29.2 Å². The Balaban J connectivity index is 2.01. The molecule has 0 bridgehead atoms. The molecular formula is C15H23N3O4S. The number of amides is 1. The summed E-state index contributed by atoms with van der Waals surface area (Å²) in [4.78, 5) is 14.0. The highest BCUT2D eigenvalue weighted by molar-refractivity contribution is 7.89. The quantitative estimate of drug-likeness (QED) is 0.801. The zero-order valence-electron chi connectivity index (χ0n) is 13.4. The molecule has 1 aromatic rings. The van der Waals surface area contributed by atoms with Crippen LogP contribution in [0.15, 0.2) is 29.2 Å². The molecule has 1 unspecified atom stereocenters. The zero-order chi connectivity index (χ0) is 17.0. The van der Waals surface area contributed by atoms with Crippen molar-refractivity contribution in [3.63, 3.8) is 0 Å². The first kappa shape index (κ1) is 17.9. The molecule has 23 heavy (non-hydrogen) atoms. The van der Waals surface area contributed by atoms with E-state index in [0.717, 1.165) is 5.56 Å². The van der Waals surface area contributed by atoms with Crippen molar-refractivity contribution in [2.75, 3.05) is 39.9 Å². The first-order valence-electron chi connectivity index (χ1n) is 7.46. The van der Waals surface area contributed by atoms with Crippen molar-refractivity contribution < 1.29 is 17.9 Å². The van der Waals surface area contributed by atoms with Crippen molar-refractivity contribution in [3.8, 4) is 0 Å². The van der Waals surface area contributed by atoms with Gasteiger partial charge in [-0.2, -0.15) is 4.31 Å². The molecule has 1 heterocycles. The molecule has 1 saturated heterocycles. The molecule has 128 valence electrons. The Labute approximate surface area is 137 Å². The number of sulfonamides is 1. The molecule has 1 aliphatic heterocycles. The molecule has 1 fully saturated rings. The SMILES string of the molecule is COCC(N)C(=O)N1CCN(S(=O)(=O)c2ccc(C)cc2)CC1. The number of rotatable bonds is 5. The van der Waals surface area contributed by atoms with Gasteiger partial charge in [-0.05, 0) is 19.1 Å². The van der Waals surface area contributed by atoms with Crippen LogP contribution in [0.1, 0.15) is 5.56 Å². The van der Waals surface area contributed by atoms with Crippen LogP contribution < -0.4 is 5.73 Å². The molecule has 1 atom stereocenters. The van der Waals surface area contributed by atoms with Gasteiger partial charge in [-0.3, -0.25) is 4.79 Å². The van der Waals surface area contributed by atoms with Gasteiger partial charge in [0.1, 0.15) is 6.04 Å². The van der Waals surface area contributed by atoms with Gasteiger partial charge in [0.25, 0.3) is 0 Å². The lowest BCUT2D eigenvalue weighted by atomic mass is 10.2. The molecule has 2 rings (SSSR count). The molecule has 1 amide bonds. The Morgan fingerprint density at radius 2 is 1.78 bits per heavy atom.